The van der Waals surface area contributed by atoms with Gasteiger partial charge in [0.15, 0.2) is 0 Å². The molecule has 0 aromatic heterocycles. The minimum absolute atomic E-state index is 0.447. The van der Waals surface area contributed by atoms with Crippen molar-refractivity contribution in [3.05, 3.63) is 0 Å². The maximum absolute atomic E-state index is 5.83. The van der Waals surface area contributed by atoms with E-state index in [0.717, 1.165) is 25.7 Å². The minimum atomic E-state index is 0.447. The lowest BCUT2D eigenvalue weighted by Gasteiger charge is -2.45. The van der Waals surface area contributed by atoms with E-state index in [9.17, 15) is 0 Å². The molecule has 1 saturated heterocycles. The fraction of sp³-hybridized carbons (Fsp3) is 1.00. The maximum Gasteiger partial charge on any atom is 0.0537 e. The third kappa shape index (κ3) is 3.45. The Bertz CT molecular complexity index is 215. The van der Waals surface area contributed by atoms with E-state index < -0.39 is 0 Å². The first-order valence-electron chi connectivity index (χ1n) is 7.54. The Balaban J connectivity index is 1.99. The average molecular weight is 239 g/mol. The second-order valence-electron chi connectivity index (χ2n) is 6.39. The third-order valence-corrected chi connectivity index (χ3v) is 4.69. The largest absolute Gasteiger partial charge is 0.381 e. The van der Waals surface area contributed by atoms with Crippen molar-refractivity contribution in [3.8, 4) is 0 Å². The molecule has 0 amide bonds. The summed E-state index contributed by atoms with van der Waals surface area (Å²) < 4.78 is 5.83. The second kappa shape index (κ2) is 6.19. The van der Waals surface area contributed by atoms with Gasteiger partial charge in [-0.05, 0) is 31.6 Å². The molecule has 1 atom stereocenters. The van der Waals surface area contributed by atoms with Gasteiger partial charge in [-0.15, -0.1) is 0 Å². The highest BCUT2D eigenvalue weighted by Crippen LogP contribution is 2.43. The van der Waals surface area contributed by atoms with Gasteiger partial charge in [-0.25, -0.2) is 0 Å². The predicted octanol–water partition coefficient (Wildman–Crippen LogP) is 3.36. The molecular weight excluding hydrogens is 210 g/mol. The lowest BCUT2D eigenvalue weighted by atomic mass is 9.66. The van der Waals surface area contributed by atoms with Crippen LogP contribution in [0.4, 0.5) is 0 Å². The fourth-order valence-electron chi connectivity index (χ4n) is 3.60. The zero-order valence-corrected chi connectivity index (χ0v) is 11.6. The van der Waals surface area contributed by atoms with Crippen LogP contribution in [-0.2, 0) is 4.74 Å². The summed E-state index contributed by atoms with van der Waals surface area (Å²) in [7, 11) is 0. The van der Waals surface area contributed by atoms with Crippen molar-refractivity contribution in [1.29, 1.82) is 0 Å². The van der Waals surface area contributed by atoms with Crippen molar-refractivity contribution in [1.82, 2.24) is 5.32 Å². The molecule has 0 aromatic rings. The van der Waals surface area contributed by atoms with E-state index in [2.05, 4.69) is 19.2 Å². The molecule has 2 heteroatoms. The first kappa shape index (κ1) is 13.4. The Hall–Kier alpha value is -0.0800. The van der Waals surface area contributed by atoms with Crippen LogP contribution < -0.4 is 5.32 Å². The molecule has 1 aliphatic carbocycles. The highest BCUT2D eigenvalue weighted by molar-refractivity contribution is 4.92. The molecule has 2 rings (SSSR count). The molecule has 2 nitrogen and oxygen atoms in total. The van der Waals surface area contributed by atoms with Crippen LogP contribution in [0.5, 0.6) is 0 Å². The van der Waals surface area contributed by atoms with Gasteiger partial charge < -0.3 is 10.1 Å². The first-order chi connectivity index (χ1) is 8.23. The molecule has 1 saturated carbocycles. The minimum Gasteiger partial charge on any atom is -0.381 e. The van der Waals surface area contributed by atoms with E-state index in [4.69, 9.17) is 4.74 Å². The van der Waals surface area contributed by atoms with Crippen molar-refractivity contribution in [2.24, 2.45) is 11.3 Å². The number of hydrogen-bond donors (Lipinski definition) is 1. The molecule has 100 valence electrons. The topological polar surface area (TPSA) is 21.3 Å². The van der Waals surface area contributed by atoms with E-state index in [1.165, 1.54) is 44.9 Å². The summed E-state index contributed by atoms with van der Waals surface area (Å²) in [5.41, 5.74) is 0.447. The Labute approximate surface area is 107 Å². The molecule has 0 spiro atoms. The van der Waals surface area contributed by atoms with Gasteiger partial charge in [-0.2, -0.15) is 0 Å². The monoisotopic (exact) mass is 239 g/mol. The summed E-state index contributed by atoms with van der Waals surface area (Å²) >= 11 is 0. The van der Waals surface area contributed by atoms with Gasteiger partial charge in [-0.1, -0.05) is 33.1 Å². The van der Waals surface area contributed by atoms with Crippen molar-refractivity contribution < 1.29 is 4.74 Å². The molecule has 0 radical (unpaired) electrons. The summed E-state index contributed by atoms with van der Waals surface area (Å²) in [6.45, 7) is 7.64. The zero-order chi connectivity index (χ0) is 12.1. The van der Waals surface area contributed by atoms with Crippen molar-refractivity contribution in [2.45, 2.75) is 64.8 Å². The smallest absolute Gasteiger partial charge is 0.0537 e. The highest BCUT2D eigenvalue weighted by atomic mass is 16.5. The van der Waals surface area contributed by atoms with Crippen LogP contribution in [0.3, 0.4) is 0 Å². The summed E-state index contributed by atoms with van der Waals surface area (Å²) in [5, 5.41) is 3.67. The molecule has 1 N–H and O–H groups in total. The molecular formula is C15H29NO. The maximum atomic E-state index is 5.83. The Morgan fingerprint density at radius 3 is 2.53 bits per heavy atom. The van der Waals surface area contributed by atoms with Gasteiger partial charge in [0.2, 0.25) is 0 Å². The molecule has 0 bridgehead atoms. The van der Waals surface area contributed by atoms with Crippen molar-refractivity contribution in [2.75, 3.05) is 19.8 Å². The predicted molar refractivity (Wildman–Crippen MR) is 72.2 cm³/mol. The molecule has 2 aliphatic rings. The van der Waals surface area contributed by atoms with E-state index in [1.807, 2.05) is 0 Å². The molecule has 1 aliphatic heterocycles. The van der Waals surface area contributed by atoms with Crippen LogP contribution in [0.2, 0.25) is 0 Å². The highest BCUT2D eigenvalue weighted by Gasteiger charge is 2.40. The van der Waals surface area contributed by atoms with E-state index >= 15 is 0 Å². The van der Waals surface area contributed by atoms with Gasteiger partial charge in [0.25, 0.3) is 0 Å². The zero-order valence-electron chi connectivity index (χ0n) is 11.6. The third-order valence-electron chi connectivity index (χ3n) is 4.69. The average Bonchev–Trinajstić information content (AvgIpc) is 2.39. The van der Waals surface area contributed by atoms with Gasteiger partial charge in [0.05, 0.1) is 6.61 Å². The van der Waals surface area contributed by atoms with Gasteiger partial charge in [0.1, 0.15) is 0 Å². The normalized spacial score (nSPS) is 31.9. The second-order valence-corrected chi connectivity index (χ2v) is 6.39. The van der Waals surface area contributed by atoms with Crippen LogP contribution in [-0.4, -0.2) is 25.8 Å². The molecule has 17 heavy (non-hydrogen) atoms. The fourth-order valence-corrected chi connectivity index (χ4v) is 3.60. The molecule has 1 unspecified atom stereocenters. The molecule has 0 aromatic carbocycles. The summed E-state index contributed by atoms with van der Waals surface area (Å²) in [6.07, 6.45) is 9.83. The van der Waals surface area contributed by atoms with Crippen LogP contribution in [0, 0.1) is 11.3 Å². The standard InChI is InChI=1S/C15H29NO/c1-13(2)16-11-15(9-6-10-17-12-15)14-7-4-3-5-8-14/h13-14,16H,3-12H2,1-2H3. The van der Waals surface area contributed by atoms with Gasteiger partial charge in [-0.3, -0.25) is 0 Å². The Kier molecular flexibility index (Phi) is 4.87. The van der Waals surface area contributed by atoms with Crippen LogP contribution >= 0.6 is 0 Å². The summed E-state index contributed by atoms with van der Waals surface area (Å²) in [6, 6.07) is 0.595. The van der Waals surface area contributed by atoms with Crippen LogP contribution in [0.1, 0.15) is 58.8 Å². The molecule has 1 heterocycles. The van der Waals surface area contributed by atoms with Crippen molar-refractivity contribution in [3.63, 3.8) is 0 Å². The van der Waals surface area contributed by atoms with Crippen LogP contribution in [0.25, 0.3) is 0 Å². The summed E-state index contributed by atoms with van der Waals surface area (Å²) in [4.78, 5) is 0. The van der Waals surface area contributed by atoms with Gasteiger partial charge >= 0.3 is 0 Å². The quantitative estimate of drug-likeness (QED) is 0.812. The number of ether oxygens (including phenoxy) is 1. The van der Waals surface area contributed by atoms with E-state index in [0.29, 0.717) is 11.5 Å². The number of hydrogen-bond acceptors (Lipinski definition) is 2. The van der Waals surface area contributed by atoms with E-state index in [-0.39, 0.29) is 0 Å². The van der Waals surface area contributed by atoms with E-state index in [1.54, 1.807) is 0 Å². The van der Waals surface area contributed by atoms with Crippen molar-refractivity contribution >= 4 is 0 Å². The number of nitrogens with one attached hydrogen (secondary N) is 1. The SMILES string of the molecule is CC(C)NCC1(C2CCCCC2)CCCOC1. The first-order valence-corrected chi connectivity index (χ1v) is 7.54. The lowest BCUT2D eigenvalue weighted by molar-refractivity contribution is -0.0517. The van der Waals surface area contributed by atoms with Crippen LogP contribution in [0.15, 0.2) is 0 Å². The number of rotatable bonds is 4. The molecule has 2 fully saturated rings. The lowest BCUT2D eigenvalue weighted by Crippen LogP contribution is -2.48. The Morgan fingerprint density at radius 1 is 1.18 bits per heavy atom. The van der Waals surface area contributed by atoms with Gasteiger partial charge in [0, 0.05) is 24.6 Å². The Morgan fingerprint density at radius 2 is 1.94 bits per heavy atom. The summed E-state index contributed by atoms with van der Waals surface area (Å²) in [5.74, 6) is 0.905.